The molecule has 1 aliphatic rings. The summed E-state index contributed by atoms with van der Waals surface area (Å²) in [6.45, 7) is 7.22. The van der Waals surface area contributed by atoms with Gasteiger partial charge in [-0.15, -0.1) is 21.5 Å². The molecule has 8 nitrogen and oxygen atoms in total. The summed E-state index contributed by atoms with van der Waals surface area (Å²) in [5, 5.41) is 16.1. The zero-order valence-electron chi connectivity index (χ0n) is 19.5. The largest absolute Gasteiger partial charge is 0.492 e. The van der Waals surface area contributed by atoms with Gasteiger partial charge in [0.1, 0.15) is 24.5 Å². The van der Waals surface area contributed by atoms with E-state index in [-0.39, 0.29) is 0 Å². The SMILES string of the molecule is Cc1cc(OCCN2CCOCC2)ccc1Nc1nc2c(-c3nnc[nH]3)cccc2c2ccsc12. The van der Waals surface area contributed by atoms with Gasteiger partial charge in [-0.1, -0.05) is 12.1 Å². The number of hydrogen-bond acceptors (Lipinski definition) is 8. The number of hydrogen-bond donors (Lipinski definition) is 2. The minimum atomic E-state index is 0.665. The summed E-state index contributed by atoms with van der Waals surface area (Å²) in [6.07, 6.45) is 1.59. The van der Waals surface area contributed by atoms with Crippen LogP contribution in [0.2, 0.25) is 0 Å². The quantitative estimate of drug-likeness (QED) is 0.335. The predicted molar refractivity (Wildman–Crippen MR) is 140 cm³/mol. The van der Waals surface area contributed by atoms with E-state index in [1.807, 2.05) is 18.2 Å². The van der Waals surface area contributed by atoms with Gasteiger partial charge in [0.2, 0.25) is 0 Å². The molecule has 0 aliphatic carbocycles. The number of nitrogens with one attached hydrogen (secondary N) is 2. The number of H-pyrrole nitrogens is 1. The third-order valence-electron chi connectivity index (χ3n) is 6.33. The summed E-state index contributed by atoms with van der Waals surface area (Å²) in [5.74, 6) is 2.42. The fraction of sp³-hybridized carbons (Fsp3) is 0.269. The number of fused-ring (bicyclic) bond motifs is 3. The van der Waals surface area contributed by atoms with E-state index < -0.39 is 0 Å². The van der Waals surface area contributed by atoms with Gasteiger partial charge < -0.3 is 19.8 Å². The van der Waals surface area contributed by atoms with Gasteiger partial charge in [0.25, 0.3) is 0 Å². The van der Waals surface area contributed by atoms with Crippen molar-refractivity contribution >= 4 is 43.8 Å². The van der Waals surface area contributed by atoms with Crippen molar-refractivity contribution in [3.63, 3.8) is 0 Å². The standard InChI is InChI=1S/C26H26N6O2S/c1-17-15-18(34-13-10-32-8-11-33-12-9-32)5-6-22(17)29-26-24-20(7-14-35-24)19-3-2-4-21(23(19)30-26)25-27-16-28-31-25/h2-7,14-16H,8-13H2,1H3,(H,29,30)(H,27,28,31). The summed E-state index contributed by atoms with van der Waals surface area (Å²) in [4.78, 5) is 10.5. The van der Waals surface area contributed by atoms with E-state index in [4.69, 9.17) is 14.5 Å². The Balaban J connectivity index is 1.27. The number of para-hydroxylation sites is 1. The van der Waals surface area contributed by atoms with Gasteiger partial charge in [0.05, 0.1) is 23.4 Å². The van der Waals surface area contributed by atoms with Crippen LogP contribution in [0.25, 0.3) is 32.4 Å². The van der Waals surface area contributed by atoms with E-state index in [0.29, 0.717) is 12.4 Å². The molecule has 4 heterocycles. The molecule has 2 aromatic carbocycles. The number of anilines is 2. The third-order valence-corrected chi connectivity index (χ3v) is 7.25. The first kappa shape index (κ1) is 22.0. The van der Waals surface area contributed by atoms with Crippen LogP contribution in [0.5, 0.6) is 5.75 Å². The molecule has 9 heteroatoms. The van der Waals surface area contributed by atoms with Crippen molar-refractivity contribution in [2.24, 2.45) is 0 Å². The van der Waals surface area contributed by atoms with Crippen LogP contribution in [0.1, 0.15) is 5.56 Å². The normalized spacial score (nSPS) is 14.5. The average molecular weight is 487 g/mol. The number of aromatic nitrogens is 4. The third kappa shape index (κ3) is 4.45. The minimum absolute atomic E-state index is 0.665. The van der Waals surface area contributed by atoms with Gasteiger partial charge in [0.15, 0.2) is 5.82 Å². The molecule has 0 unspecified atom stereocenters. The number of benzene rings is 2. The molecule has 2 N–H and O–H groups in total. The lowest BCUT2D eigenvalue weighted by Crippen LogP contribution is -2.38. The summed E-state index contributed by atoms with van der Waals surface area (Å²) < 4.78 is 12.6. The van der Waals surface area contributed by atoms with Crippen molar-refractivity contribution in [1.82, 2.24) is 25.1 Å². The molecule has 1 saturated heterocycles. The Kier molecular flexibility index (Phi) is 6.03. The molecule has 0 amide bonds. The number of aryl methyl sites for hydroxylation is 1. The second-order valence-electron chi connectivity index (χ2n) is 8.57. The topological polar surface area (TPSA) is 88.2 Å². The van der Waals surface area contributed by atoms with Gasteiger partial charge in [-0.3, -0.25) is 4.90 Å². The Bertz CT molecular complexity index is 1460. The van der Waals surface area contributed by atoms with Crippen molar-refractivity contribution in [3.05, 3.63) is 59.7 Å². The van der Waals surface area contributed by atoms with Gasteiger partial charge in [-0.05, 0) is 48.2 Å². The maximum absolute atomic E-state index is 6.03. The van der Waals surface area contributed by atoms with E-state index in [9.17, 15) is 0 Å². The first-order chi connectivity index (χ1) is 17.3. The zero-order chi connectivity index (χ0) is 23.6. The first-order valence-corrected chi connectivity index (χ1v) is 12.6. The van der Waals surface area contributed by atoms with Crippen LogP contribution in [-0.4, -0.2) is 64.5 Å². The molecule has 0 bridgehead atoms. The Labute approximate surface area is 206 Å². The zero-order valence-corrected chi connectivity index (χ0v) is 20.3. The highest BCUT2D eigenvalue weighted by Crippen LogP contribution is 2.38. The van der Waals surface area contributed by atoms with Crippen LogP contribution in [0.3, 0.4) is 0 Å². The lowest BCUT2D eigenvalue weighted by Gasteiger charge is -2.26. The smallest absolute Gasteiger partial charge is 0.163 e. The fourth-order valence-electron chi connectivity index (χ4n) is 4.47. The number of aromatic amines is 1. The molecule has 3 aromatic heterocycles. The highest BCUT2D eigenvalue weighted by molar-refractivity contribution is 7.18. The highest BCUT2D eigenvalue weighted by Gasteiger charge is 2.16. The summed E-state index contributed by atoms with van der Waals surface area (Å²) >= 11 is 1.69. The van der Waals surface area contributed by atoms with E-state index in [1.165, 1.54) is 5.39 Å². The summed E-state index contributed by atoms with van der Waals surface area (Å²) in [6, 6.07) is 14.5. The molecule has 0 radical (unpaired) electrons. The van der Waals surface area contributed by atoms with Crippen LogP contribution in [0.15, 0.2) is 54.2 Å². The number of thiophene rings is 1. The molecule has 0 spiro atoms. The molecular formula is C26H26N6O2S. The van der Waals surface area contributed by atoms with Gasteiger partial charge >= 0.3 is 0 Å². The molecule has 35 heavy (non-hydrogen) atoms. The van der Waals surface area contributed by atoms with E-state index in [1.54, 1.807) is 17.7 Å². The molecular weight excluding hydrogens is 460 g/mol. The van der Waals surface area contributed by atoms with Crippen LogP contribution in [0.4, 0.5) is 11.5 Å². The Morgan fingerprint density at radius 2 is 2.06 bits per heavy atom. The van der Waals surface area contributed by atoms with Gasteiger partial charge in [0, 0.05) is 41.7 Å². The summed E-state index contributed by atoms with van der Waals surface area (Å²) in [5.41, 5.74) is 3.92. The Morgan fingerprint density at radius 1 is 1.14 bits per heavy atom. The van der Waals surface area contributed by atoms with Crippen molar-refractivity contribution in [3.8, 4) is 17.1 Å². The number of nitrogens with zero attached hydrogens (tertiary/aromatic N) is 4. The maximum Gasteiger partial charge on any atom is 0.163 e. The maximum atomic E-state index is 6.03. The molecule has 5 aromatic rings. The summed E-state index contributed by atoms with van der Waals surface area (Å²) in [7, 11) is 0. The molecule has 0 saturated carbocycles. The molecule has 1 aliphatic heterocycles. The van der Waals surface area contributed by atoms with Crippen LogP contribution >= 0.6 is 11.3 Å². The Morgan fingerprint density at radius 3 is 2.89 bits per heavy atom. The number of ether oxygens (including phenoxy) is 2. The molecule has 6 rings (SSSR count). The lowest BCUT2D eigenvalue weighted by atomic mass is 10.1. The lowest BCUT2D eigenvalue weighted by molar-refractivity contribution is 0.0322. The number of rotatable bonds is 7. The number of morpholine rings is 1. The van der Waals surface area contributed by atoms with Gasteiger partial charge in [-0.2, -0.15) is 0 Å². The second kappa shape index (κ2) is 9.61. The molecule has 1 fully saturated rings. The monoisotopic (exact) mass is 486 g/mol. The van der Waals surface area contributed by atoms with Crippen molar-refractivity contribution in [2.75, 3.05) is 44.8 Å². The van der Waals surface area contributed by atoms with E-state index >= 15 is 0 Å². The first-order valence-electron chi connectivity index (χ1n) is 11.7. The van der Waals surface area contributed by atoms with E-state index in [2.05, 4.69) is 62.0 Å². The average Bonchev–Trinajstić information content (AvgIpc) is 3.59. The van der Waals surface area contributed by atoms with Crippen LogP contribution in [0, 0.1) is 6.92 Å². The Hall–Kier alpha value is -3.53. The van der Waals surface area contributed by atoms with Crippen LogP contribution < -0.4 is 10.1 Å². The highest BCUT2D eigenvalue weighted by atomic mass is 32.1. The molecule has 178 valence electrons. The van der Waals surface area contributed by atoms with Crippen molar-refractivity contribution in [2.45, 2.75) is 6.92 Å². The van der Waals surface area contributed by atoms with Crippen LogP contribution in [-0.2, 0) is 4.74 Å². The number of pyridine rings is 1. The fourth-order valence-corrected chi connectivity index (χ4v) is 5.33. The van der Waals surface area contributed by atoms with E-state index in [0.717, 1.165) is 76.8 Å². The van der Waals surface area contributed by atoms with Crippen molar-refractivity contribution < 1.29 is 9.47 Å². The second-order valence-corrected chi connectivity index (χ2v) is 9.48. The van der Waals surface area contributed by atoms with Gasteiger partial charge in [-0.25, -0.2) is 4.98 Å². The minimum Gasteiger partial charge on any atom is -0.492 e. The predicted octanol–water partition coefficient (Wildman–Crippen LogP) is 5.00. The molecule has 0 atom stereocenters. The van der Waals surface area contributed by atoms with Crippen molar-refractivity contribution in [1.29, 1.82) is 0 Å².